The summed E-state index contributed by atoms with van der Waals surface area (Å²) in [5.74, 6) is -1.62. The van der Waals surface area contributed by atoms with E-state index in [1.807, 2.05) is 20.8 Å². The molecule has 0 aromatic rings. The molecule has 0 heterocycles. The van der Waals surface area contributed by atoms with Crippen LogP contribution in [0, 0.1) is 5.92 Å². The van der Waals surface area contributed by atoms with Crippen LogP contribution < -0.4 is 0 Å². The van der Waals surface area contributed by atoms with E-state index in [9.17, 15) is 9.59 Å². The number of hydrogen-bond donors (Lipinski definition) is 0. The molecule has 0 N–H and O–H groups in total. The maximum absolute atomic E-state index is 12.0. The summed E-state index contributed by atoms with van der Waals surface area (Å²) in [5, 5.41) is 0. The Hall–Kier alpha value is -1.03. The molecule has 0 amide bonds. The van der Waals surface area contributed by atoms with E-state index in [1.54, 1.807) is 6.08 Å². The van der Waals surface area contributed by atoms with E-state index >= 15 is 0 Å². The minimum Gasteiger partial charge on any atom is -0.465 e. The number of esters is 2. The molecule has 0 aliphatic rings. The molecule has 116 valence electrons. The molecule has 0 fully saturated rings. The van der Waals surface area contributed by atoms with Crippen molar-refractivity contribution in [2.45, 2.75) is 46.5 Å². The second kappa shape index (κ2) is 11.8. The number of rotatable bonds is 10. The lowest BCUT2D eigenvalue weighted by Crippen LogP contribution is -2.27. The zero-order valence-electron chi connectivity index (χ0n) is 12.6. The Kier molecular flexibility index (Phi) is 11.2. The Morgan fingerprint density at radius 2 is 1.55 bits per heavy atom. The molecular formula is C15H25ClO4. The molecule has 0 aromatic heterocycles. The highest BCUT2D eigenvalue weighted by Crippen LogP contribution is 2.15. The van der Waals surface area contributed by atoms with Gasteiger partial charge >= 0.3 is 11.9 Å². The molecule has 0 unspecified atom stereocenters. The van der Waals surface area contributed by atoms with Crippen LogP contribution in [-0.4, -0.2) is 31.0 Å². The van der Waals surface area contributed by atoms with Crippen LogP contribution in [0.3, 0.4) is 0 Å². The summed E-state index contributed by atoms with van der Waals surface area (Å²) < 4.78 is 10.1. The van der Waals surface area contributed by atoms with Gasteiger partial charge in [0, 0.05) is 5.88 Å². The molecule has 5 heteroatoms. The van der Waals surface area contributed by atoms with Crippen molar-refractivity contribution in [3.05, 3.63) is 11.6 Å². The third kappa shape index (κ3) is 7.53. The molecule has 0 radical (unpaired) electrons. The molecule has 0 atom stereocenters. The Bertz CT molecular complexity index is 306. The molecule has 0 rings (SSSR count). The summed E-state index contributed by atoms with van der Waals surface area (Å²) in [6.07, 6.45) is 4.46. The molecule has 0 spiro atoms. The zero-order chi connectivity index (χ0) is 15.4. The van der Waals surface area contributed by atoms with Crippen molar-refractivity contribution in [3.63, 3.8) is 0 Å². The predicted octanol–water partition coefficient (Wildman–Crippen LogP) is 3.47. The molecule has 0 aliphatic carbocycles. The molecule has 0 saturated carbocycles. The molecule has 4 nitrogen and oxygen atoms in total. The lowest BCUT2D eigenvalue weighted by molar-refractivity contribution is -0.159. The lowest BCUT2D eigenvalue weighted by Gasteiger charge is -2.13. The van der Waals surface area contributed by atoms with Crippen LogP contribution in [0.4, 0.5) is 0 Å². The fourth-order valence-corrected chi connectivity index (χ4v) is 1.79. The van der Waals surface area contributed by atoms with E-state index in [1.165, 1.54) is 0 Å². The van der Waals surface area contributed by atoms with Gasteiger partial charge in [-0.2, -0.15) is 0 Å². The van der Waals surface area contributed by atoms with E-state index in [0.717, 1.165) is 12.0 Å². The van der Waals surface area contributed by atoms with Gasteiger partial charge < -0.3 is 9.47 Å². The van der Waals surface area contributed by atoms with Crippen LogP contribution in [0.5, 0.6) is 0 Å². The number of alkyl halides is 1. The third-order valence-corrected chi connectivity index (χ3v) is 2.87. The van der Waals surface area contributed by atoms with Crippen molar-refractivity contribution >= 4 is 23.5 Å². The third-order valence-electron chi connectivity index (χ3n) is 2.68. The summed E-state index contributed by atoms with van der Waals surface area (Å²) >= 11 is 5.71. The average Bonchev–Trinajstić information content (AvgIpc) is 2.46. The Balaban J connectivity index is 4.93. The van der Waals surface area contributed by atoms with Crippen LogP contribution in [0.2, 0.25) is 0 Å². The summed E-state index contributed by atoms with van der Waals surface area (Å²) in [7, 11) is 0. The van der Waals surface area contributed by atoms with E-state index in [4.69, 9.17) is 21.1 Å². The van der Waals surface area contributed by atoms with Gasteiger partial charge in [-0.3, -0.25) is 9.59 Å². The van der Waals surface area contributed by atoms with Crippen molar-refractivity contribution in [1.29, 1.82) is 0 Å². The van der Waals surface area contributed by atoms with Gasteiger partial charge in [-0.05, 0) is 25.7 Å². The van der Waals surface area contributed by atoms with Gasteiger partial charge in [0.15, 0.2) is 5.92 Å². The van der Waals surface area contributed by atoms with E-state index < -0.39 is 17.9 Å². The molecule has 0 saturated heterocycles. The maximum atomic E-state index is 12.0. The number of halogens is 1. The molecule has 0 aliphatic heterocycles. The summed E-state index contributed by atoms with van der Waals surface area (Å²) in [4.78, 5) is 23.9. The number of ether oxygens (including phenoxy) is 2. The van der Waals surface area contributed by atoms with Crippen molar-refractivity contribution in [1.82, 2.24) is 0 Å². The second-order valence-corrected chi connectivity index (χ2v) is 4.81. The van der Waals surface area contributed by atoms with Crippen molar-refractivity contribution in [3.8, 4) is 0 Å². The minimum absolute atomic E-state index is 0.307. The van der Waals surface area contributed by atoms with Gasteiger partial charge in [0.05, 0.1) is 13.2 Å². The van der Waals surface area contributed by atoms with Crippen LogP contribution >= 0.6 is 11.6 Å². The quantitative estimate of drug-likeness (QED) is 0.268. The van der Waals surface area contributed by atoms with Crippen LogP contribution in [-0.2, 0) is 19.1 Å². The minimum atomic E-state index is -0.980. The average molecular weight is 305 g/mol. The summed E-state index contributed by atoms with van der Waals surface area (Å²) in [6, 6.07) is 0. The Morgan fingerprint density at radius 1 is 1.05 bits per heavy atom. The zero-order valence-corrected chi connectivity index (χ0v) is 13.4. The first kappa shape index (κ1) is 19.0. The summed E-state index contributed by atoms with van der Waals surface area (Å²) in [6.45, 7) is 6.38. The van der Waals surface area contributed by atoms with E-state index in [-0.39, 0.29) is 0 Å². The maximum Gasteiger partial charge on any atom is 0.324 e. The van der Waals surface area contributed by atoms with E-state index in [0.29, 0.717) is 38.4 Å². The number of carbonyl (C=O) groups excluding carboxylic acids is 2. The van der Waals surface area contributed by atoms with Crippen LogP contribution in [0.25, 0.3) is 0 Å². The summed E-state index contributed by atoms with van der Waals surface area (Å²) in [5.41, 5.74) is 0.965. The predicted molar refractivity (Wildman–Crippen MR) is 79.7 cm³/mol. The van der Waals surface area contributed by atoms with Crippen LogP contribution in [0.1, 0.15) is 46.5 Å². The normalized spacial score (nSPS) is 11.6. The molecule has 20 heavy (non-hydrogen) atoms. The van der Waals surface area contributed by atoms with Gasteiger partial charge in [0.25, 0.3) is 0 Å². The van der Waals surface area contributed by atoms with Crippen molar-refractivity contribution < 1.29 is 19.1 Å². The first-order chi connectivity index (χ1) is 9.60. The molecule has 0 aromatic carbocycles. The Morgan fingerprint density at radius 3 is 1.90 bits per heavy atom. The van der Waals surface area contributed by atoms with E-state index in [2.05, 4.69) is 0 Å². The smallest absolute Gasteiger partial charge is 0.324 e. The van der Waals surface area contributed by atoms with Crippen molar-refractivity contribution in [2.24, 2.45) is 5.92 Å². The van der Waals surface area contributed by atoms with Crippen molar-refractivity contribution in [2.75, 3.05) is 19.1 Å². The number of hydrogen-bond acceptors (Lipinski definition) is 4. The first-order valence-electron chi connectivity index (χ1n) is 7.19. The van der Waals surface area contributed by atoms with Gasteiger partial charge in [-0.25, -0.2) is 0 Å². The van der Waals surface area contributed by atoms with Gasteiger partial charge in [-0.1, -0.05) is 32.4 Å². The topological polar surface area (TPSA) is 52.6 Å². The fourth-order valence-electron chi connectivity index (χ4n) is 1.55. The number of allylic oxidation sites excluding steroid dienone is 1. The standard InChI is InChI=1S/C15H25ClO4/c1-4-9-19-14(17)13(15(18)20-10-5-2)11-12(6-3)7-8-16/h11,13H,4-10H2,1-3H3. The van der Waals surface area contributed by atoms with Gasteiger partial charge in [-0.15, -0.1) is 11.6 Å². The fraction of sp³-hybridized carbons (Fsp3) is 0.733. The highest BCUT2D eigenvalue weighted by Gasteiger charge is 2.27. The lowest BCUT2D eigenvalue weighted by atomic mass is 10.0. The largest absolute Gasteiger partial charge is 0.465 e. The van der Waals surface area contributed by atoms with Gasteiger partial charge in [0.1, 0.15) is 0 Å². The van der Waals surface area contributed by atoms with Gasteiger partial charge in [0.2, 0.25) is 0 Å². The molecule has 0 bridgehead atoms. The monoisotopic (exact) mass is 304 g/mol. The highest BCUT2D eigenvalue weighted by molar-refractivity contribution is 6.18. The second-order valence-electron chi connectivity index (χ2n) is 4.43. The van der Waals surface area contributed by atoms with Crippen LogP contribution in [0.15, 0.2) is 11.6 Å². The number of carbonyl (C=O) groups is 2. The first-order valence-corrected chi connectivity index (χ1v) is 7.72. The molecular weight excluding hydrogens is 280 g/mol. The highest BCUT2D eigenvalue weighted by atomic mass is 35.5. The Labute approximate surface area is 126 Å². The SMILES string of the molecule is CCCOC(=O)C(C=C(CC)CCCl)C(=O)OCCC.